The molecule has 0 bridgehead atoms. The quantitative estimate of drug-likeness (QED) is 0.606. The molecule has 0 aliphatic rings. The third kappa shape index (κ3) is 7.77. The van der Waals surface area contributed by atoms with Gasteiger partial charge in [-0.15, -0.1) is 0 Å². The Labute approximate surface area is 95.0 Å². The van der Waals surface area contributed by atoms with Crippen molar-refractivity contribution in [1.82, 2.24) is 4.90 Å². The van der Waals surface area contributed by atoms with Crippen molar-refractivity contribution in [3.63, 3.8) is 0 Å². The van der Waals surface area contributed by atoms with Crippen LogP contribution in [0.15, 0.2) is 0 Å². The zero-order valence-corrected chi connectivity index (χ0v) is 10.7. The zero-order chi connectivity index (χ0) is 11.5. The first-order chi connectivity index (χ1) is 7.28. The fourth-order valence-electron chi connectivity index (χ4n) is 1.80. The van der Waals surface area contributed by atoms with Gasteiger partial charge in [-0.25, -0.2) is 0 Å². The molecule has 1 atom stereocenters. The number of nitrogens with two attached hydrogens (primary N) is 1. The van der Waals surface area contributed by atoms with E-state index in [0.29, 0.717) is 6.54 Å². The van der Waals surface area contributed by atoms with Gasteiger partial charge in [0.2, 0.25) is 0 Å². The normalized spacial score (nSPS) is 13.4. The molecule has 0 saturated heterocycles. The van der Waals surface area contributed by atoms with Gasteiger partial charge in [0.05, 0.1) is 6.10 Å². The maximum atomic E-state index is 5.65. The molecule has 0 amide bonds. The summed E-state index contributed by atoms with van der Waals surface area (Å²) in [5.41, 5.74) is 5.65. The Morgan fingerprint density at radius 3 is 2.07 bits per heavy atom. The van der Waals surface area contributed by atoms with E-state index in [9.17, 15) is 0 Å². The number of nitrogens with zero attached hydrogens (tertiary/aromatic N) is 1. The van der Waals surface area contributed by atoms with Crippen LogP contribution >= 0.6 is 0 Å². The molecule has 1 unspecified atom stereocenters. The summed E-state index contributed by atoms with van der Waals surface area (Å²) in [4.78, 5) is 2.50. The fourth-order valence-corrected chi connectivity index (χ4v) is 1.80. The molecule has 3 heteroatoms. The van der Waals surface area contributed by atoms with Crippen molar-refractivity contribution in [2.75, 3.05) is 32.8 Å². The first-order valence-corrected chi connectivity index (χ1v) is 6.32. The zero-order valence-electron chi connectivity index (χ0n) is 10.7. The first-order valence-electron chi connectivity index (χ1n) is 6.32. The molecule has 0 aromatic carbocycles. The van der Waals surface area contributed by atoms with Gasteiger partial charge in [0.25, 0.3) is 0 Å². The molecule has 92 valence electrons. The Bertz CT molecular complexity index is 125. The van der Waals surface area contributed by atoms with Crippen molar-refractivity contribution in [3.8, 4) is 0 Å². The van der Waals surface area contributed by atoms with E-state index in [1.165, 1.54) is 25.9 Å². The van der Waals surface area contributed by atoms with Gasteiger partial charge < -0.3 is 15.4 Å². The Hall–Kier alpha value is -0.120. The largest absolute Gasteiger partial charge is 0.377 e. The van der Waals surface area contributed by atoms with E-state index in [-0.39, 0.29) is 6.10 Å². The minimum absolute atomic E-state index is 0.242. The van der Waals surface area contributed by atoms with Crippen molar-refractivity contribution in [3.05, 3.63) is 0 Å². The van der Waals surface area contributed by atoms with Crippen LogP contribution in [0, 0.1) is 0 Å². The predicted octanol–water partition coefficient (Wildman–Crippen LogP) is 1.86. The average Bonchev–Trinajstić information content (AvgIpc) is 2.24. The molecular weight excluding hydrogens is 188 g/mol. The summed E-state index contributed by atoms with van der Waals surface area (Å²) in [6, 6.07) is 0. The van der Waals surface area contributed by atoms with Gasteiger partial charge >= 0.3 is 0 Å². The lowest BCUT2D eigenvalue weighted by molar-refractivity contribution is 0.0543. The fraction of sp³-hybridized carbons (Fsp3) is 1.00. The van der Waals surface area contributed by atoms with Crippen molar-refractivity contribution in [2.45, 2.75) is 46.1 Å². The van der Waals surface area contributed by atoms with Crippen LogP contribution in [0.1, 0.15) is 40.0 Å². The highest BCUT2D eigenvalue weighted by Gasteiger charge is 2.09. The van der Waals surface area contributed by atoms with Crippen LogP contribution in [0.2, 0.25) is 0 Å². The van der Waals surface area contributed by atoms with Crippen LogP contribution in [0.25, 0.3) is 0 Å². The third-order valence-corrected chi connectivity index (χ3v) is 2.51. The molecule has 0 aromatic rings. The van der Waals surface area contributed by atoms with E-state index in [2.05, 4.69) is 18.7 Å². The predicted molar refractivity (Wildman–Crippen MR) is 66.1 cm³/mol. The summed E-state index contributed by atoms with van der Waals surface area (Å²) in [6.45, 7) is 11.4. The molecule has 2 N–H and O–H groups in total. The smallest absolute Gasteiger partial charge is 0.0709 e. The van der Waals surface area contributed by atoms with E-state index in [4.69, 9.17) is 10.5 Å². The molecule has 0 aliphatic heterocycles. The molecule has 0 heterocycles. The monoisotopic (exact) mass is 216 g/mol. The minimum atomic E-state index is 0.242. The summed E-state index contributed by atoms with van der Waals surface area (Å²) in [6.07, 6.45) is 3.75. The molecule has 0 saturated carbocycles. The third-order valence-electron chi connectivity index (χ3n) is 2.51. The standard InChI is InChI=1S/C12H28N2O/c1-4-8-14(9-5-2)10-7-12(11-13)15-6-3/h12H,4-11,13H2,1-3H3. The topological polar surface area (TPSA) is 38.5 Å². The minimum Gasteiger partial charge on any atom is -0.377 e. The van der Waals surface area contributed by atoms with Crippen LogP contribution in [0.3, 0.4) is 0 Å². The lowest BCUT2D eigenvalue weighted by Gasteiger charge is -2.23. The molecule has 0 fully saturated rings. The van der Waals surface area contributed by atoms with Gasteiger partial charge in [-0.3, -0.25) is 0 Å². The summed E-state index contributed by atoms with van der Waals surface area (Å²) in [7, 11) is 0. The second kappa shape index (κ2) is 10.4. The molecule has 0 radical (unpaired) electrons. The van der Waals surface area contributed by atoms with E-state index in [0.717, 1.165) is 19.6 Å². The number of hydrogen-bond donors (Lipinski definition) is 1. The van der Waals surface area contributed by atoms with E-state index in [1.54, 1.807) is 0 Å². The summed E-state index contributed by atoms with van der Waals surface area (Å²) in [5.74, 6) is 0. The SMILES string of the molecule is CCCN(CCC)CCC(CN)OCC. The second-order valence-electron chi connectivity index (χ2n) is 3.94. The molecule has 0 aliphatic carbocycles. The molecule has 0 aromatic heterocycles. The van der Waals surface area contributed by atoms with Crippen LogP contribution in [0.4, 0.5) is 0 Å². The lowest BCUT2D eigenvalue weighted by Crippen LogP contribution is -2.32. The van der Waals surface area contributed by atoms with Crippen LogP contribution < -0.4 is 5.73 Å². The van der Waals surface area contributed by atoms with Gasteiger partial charge in [0.15, 0.2) is 0 Å². The highest BCUT2D eigenvalue weighted by molar-refractivity contribution is 4.64. The number of rotatable bonds is 10. The highest BCUT2D eigenvalue weighted by Crippen LogP contribution is 2.02. The maximum absolute atomic E-state index is 5.65. The van der Waals surface area contributed by atoms with Crippen LogP contribution in [-0.4, -0.2) is 43.8 Å². The summed E-state index contributed by atoms with van der Waals surface area (Å²) in [5, 5.41) is 0. The second-order valence-corrected chi connectivity index (χ2v) is 3.94. The summed E-state index contributed by atoms with van der Waals surface area (Å²) < 4.78 is 5.55. The Balaban J connectivity index is 3.73. The van der Waals surface area contributed by atoms with Crippen molar-refractivity contribution >= 4 is 0 Å². The molecule has 15 heavy (non-hydrogen) atoms. The van der Waals surface area contributed by atoms with E-state index in [1.807, 2.05) is 6.92 Å². The number of ether oxygens (including phenoxy) is 1. The molecule has 0 spiro atoms. The first kappa shape index (κ1) is 14.9. The Morgan fingerprint density at radius 1 is 1.07 bits per heavy atom. The number of hydrogen-bond acceptors (Lipinski definition) is 3. The summed E-state index contributed by atoms with van der Waals surface area (Å²) >= 11 is 0. The van der Waals surface area contributed by atoms with Gasteiger partial charge in [0.1, 0.15) is 0 Å². The molecule has 0 rings (SSSR count). The molecular formula is C12H28N2O. The van der Waals surface area contributed by atoms with Gasteiger partial charge in [-0.05, 0) is 39.3 Å². The van der Waals surface area contributed by atoms with Crippen LogP contribution in [-0.2, 0) is 4.74 Å². The van der Waals surface area contributed by atoms with Crippen molar-refractivity contribution in [2.24, 2.45) is 5.73 Å². The van der Waals surface area contributed by atoms with E-state index >= 15 is 0 Å². The van der Waals surface area contributed by atoms with Gasteiger partial charge in [-0.1, -0.05) is 13.8 Å². The Morgan fingerprint density at radius 2 is 1.67 bits per heavy atom. The lowest BCUT2D eigenvalue weighted by atomic mass is 10.2. The van der Waals surface area contributed by atoms with Crippen molar-refractivity contribution < 1.29 is 4.74 Å². The van der Waals surface area contributed by atoms with Gasteiger partial charge in [0, 0.05) is 19.7 Å². The Kier molecular flexibility index (Phi) is 10.3. The van der Waals surface area contributed by atoms with E-state index < -0.39 is 0 Å². The van der Waals surface area contributed by atoms with Gasteiger partial charge in [-0.2, -0.15) is 0 Å². The van der Waals surface area contributed by atoms with Crippen LogP contribution in [0.5, 0.6) is 0 Å². The average molecular weight is 216 g/mol. The van der Waals surface area contributed by atoms with Crippen molar-refractivity contribution in [1.29, 1.82) is 0 Å². The molecule has 3 nitrogen and oxygen atoms in total. The highest BCUT2D eigenvalue weighted by atomic mass is 16.5. The maximum Gasteiger partial charge on any atom is 0.0709 e.